The summed E-state index contributed by atoms with van der Waals surface area (Å²) in [6, 6.07) is 0. The van der Waals surface area contributed by atoms with E-state index in [-0.39, 0.29) is 5.78 Å². The topological polar surface area (TPSA) is 34.9 Å². The summed E-state index contributed by atoms with van der Waals surface area (Å²) < 4.78 is 2.28. The summed E-state index contributed by atoms with van der Waals surface area (Å²) in [5.74, 6) is -0.0376. The van der Waals surface area contributed by atoms with Gasteiger partial charge in [0.05, 0.1) is 10.7 Å². The maximum absolute atomic E-state index is 11.4. The van der Waals surface area contributed by atoms with Crippen molar-refractivity contribution in [2.75, 3.05) is 0 Å². The van der Waals surface area contributed by atoms with Gasteiger partial charge in [0, 0.05) is 7.05 Å². The van der Waals surface area contributed by atoms with Crippen molar-refractivity contribution in [3.05, 3.63) is 28.5 Å². The minimum atomic E-state index is -0.0376. The van der Waals surface area contributed by atoms with Gasteiger partial charge in [-0.25, -0.2) is 0 Å². The molecule has 64 valence electrons. The van der Waals surface area contributed by atoms with Gasteiger partial charge in [-0.05, 0) is 28.9 Å². The molecule has 0 aliphatic heterocycles. The predicted molar refractivity (Wildman–Crippen MR) is 50.1 cm³/mol. The van der Waals surface area contributed by atoms with E-state index in [0.29, 0.717) is 5.69 Å². The number of nitrogens with zero attached hydrogens (tertiary/aromatic N) is 2. The fourth-order valence-electron chi connectivity index (χ4n) is 0.918. The lowest BCUT2D eigenvalue weighted by Crippen LogP contribution is -2.04. The average molecular weight is 229 g/mol. The minimum absolute atomic E-state index is 0.0376. The normalized spacial score (nSPS) is 10.9. The van der Waals surface area contributed by atoms with E-state index in [1.54, 1.807) is 24.0 Å². The molecular weight excluding hydrogens is 220 g/mol. The standard InChI is InChI=1S/C8H9BrN2O/c1-3-4-7(12)8-6(9)5-10-11(8)2/h3-5H,1-2H3/b4-3+. The Morgan fingerprint density at radius 1 is 1.75 bits per heavy atom. The SMILES string of the molecule is C/C=C/C(=O)c1c(Br)cnn1C. The number of hydrogen-bond donors (Lipinski definition) is 0. The molecule has 0 amide bonds. The van der Waals surface area contributed by atoms with E-state index in [0.717, 1.165) is 4.47 Å². The van der Waals surface area contributed by atoms with Crippen LogP contribution in [0.15, 0.2) is 22.8 Å². The van der Waals surface area contributed by atoms with Crippen LogP contribution < -0.4 is 0 Å². The molecule has 12 heavy (non-hydrogen) atoms. The summed E-state index contributed by atoms with van der Waals surface area (Å²) >= 11 is 3.25. The van der Waals surface area contributed by atoms with Gasteiger partial charge in [-0.15, -0.1) is 0 Å². The highest BCUT2D eigenvalue weighted by atomic mass is 79.9. The quantitative estimate of drug-likeness (QED) is 0.573. The molecule has 4 heteroatoms. The maximum Gasteiger partial charge on any atom is 0.204 e. The molecule has 0 unspecified atom stereocenters. The number of ketones is 1. The van der Waals surface area contributed by atoms with Crippen molar-refractivity contribution in [3.8, 4) is 0 Å². The first-order valence-corrected chi connectivity index (χ1v) is 4.30. The number of aromatic nitrogens is 2. The zero-order valence-corrected chi connectivity index (χ0v) is 8.50. The number of allylic oxidation sites excluding steroid dienone is 2. The number of aryl methyl sites for hydroxylation is 1. The van der Waals surface area contributed by atoms with Crippen LogP contribution in [0, 0.1) is 0 Å². The van der Waals surface area contributed by atoms with E-state index >= 15 is 0 Å². The van der Waals surface area contributed by atoms with Gasteiger partial charge in [0.2, 0.25) is 5.78 Å². The van der Waals surface area contributed by atoms with Crippen LogP contribution in [0.2, 0.25) is 0 Å². The van der Waals surface area contributed by atoms with Gasteiger partial charge in [0.25, 0.3) is 0 Å². The highest BCUT2D eigenvalue weighted by molar-refractivity contribution is 9.10. The second-order valence-electron chi connectivity index (χ2n) is 2.33. The van der Waals surface area contributed by atoms with E-state index in [4.69, 9.17) is 0 Å². The molecule has 1 rings (SSSR count). The highest BCUT2D eigenvalue weighted by Crippen LogP contribution is 2.15. The van der Waals surface area contributed by atoms with Gasteiger partial charge >= 0.3 is 0 Å². The zero-order valence-electron chi connectivity index (χ0n) is 6.91. The van der Waals surface area contributed by atoms with Crippen LogP contribution in [0.4, 0.5) is 0 Å². The van der Waals surface area contributed by atoms with Crippen LogP contribution in [0.1, 0.15) is 17.4 Å². The third-order valence-corrected chi connectivity index (χ3v) is 2.03. The molecule has 0 aliphatic rings. The van der Waals surface area contributed by atoms with Crippen LogP contribution in [0.5, 0.6) is 0 Å². The third kappa shape index (κ3) is 1.64. The molecule has 0 aliphatic carbocycles. The molecule has 0 bridgehead atoms. The Hall–Kier alpha value is -0.900. The van der Waals surface area contributed by atoms with Crippen molar-refractivity contribution in [1.82, 2.24) is 9.78 Å². The molecule has 0 radical (unpaired) electrons. The Balaban J connectivity index is 3.09. The molecule has 1 aromatic rings. The Kier molecular flexibility index (Phi) is 2.81. The molecule has 0 aromatic carbocycles. The molecule has 1 aromatic heterocycles. The Bertz CT molecular complexity index is 308. The van der Waals surface area contributed by atoms with Crippen LogP contribution in [-0.2, 0) is 7.05 Å². The fourth-order valence-corrected chi connectivity index (χ4v) is 1.46. The number of rotatable bonds is 2. The number of carbonyl (C=O) groups is 1. The summed E-state index contributed by atoms with van der Waals surface area (Å²) in [4.78, 5) is 11.4. The van der Waals surface area contributed by atoms with E-state index in [2.05, 4.69) is 21.0 Å². The lowest BCUT2D eigenvalue weighted by atomic mass is 10.2. The lowest BCUT2D eigenvalue weighted by molar-refractivity contribution is 0.103. The molecule has 0 saturated carbocycles. The largest absolute Gasteiger partial charge is 0.288 e. The van der Waals surface area contributed by atoms with Gasteiger partial charge in [-0.1, -0.05) is 6.08 Å². The molecule has 1 heterocycles. The van der Waals surface area contributed by atoms with Crippen molar-refractivity contribution >= 4 is 21.7 Å². The van der Waals surface area contributed by atoms with Crippen molar-refractivity contribution < 1.29 is 4.79 Å². The summed E-state index contributed by atoms with van der Waals surface area (Å²) in [5.41, 5.74) is 0.577. The predicted octanol–water partition coefficient (Wildman–Crippen LogP) is 1.94. The molecule has 0 atom stereocenters. The monoisotopic (exact) mass is 228 g/mol. The Labute approximate surface area is 79.2 Å². The molecule has 0 fully saturated rings. The van der Waals surface area contributed by atoms with Crippen molar-refractivity contribution in [2.24, 2.45) is 7.05 Å². The molecule has 0 N–H and O–H groups in total. The lowest BCUT2D eigenvalue weighted by Gasteiger charge is -1.96. The number of halogens is 1. The fraction of sp³-hybridized carbons (Fsp3) is 0.250. The van der Waals surface area contributed by atoms with Crippen LogP contribution >= 0.6 is 15.9 Å². The van der Waals surface area contributed by atoms with Gasteiger partial charge < -0.3 is 0 Å². The highest BCUT2D eigenvalue weighted by Gasteiger charge is 2.11. The van der Waals surface area contributed by atoms with E-state index in [1.807, 2.05) is 6.92 Å². The first kappa shape index (κ1) is 9.19. The van der Waals surface area contributed by atoms with Crippen LogP contribution in [0.25, 0.3) is 0 Å². The zero-order chi connectivity index (χ0) is 9.14. The Morgan fingerprint density at radius 2 is 2.42 bits per heavy atom. The van der Waals surface area contributed by atoms with Crippen molar-refractivity contribution in [3.63, 3.8) is 0 Å². The summed E-state index contributed by atoms with van der Waals surface area (Å²) in [6.45, 7) is 1.81. The van der Waals surface area contributed by atoms with E-state index in [9.17, 15) is 4.79 Å². The maximum atomic E-state index is 11.4. The second kappa shape index (κ2) is 3.67. The van der Waals surface area contributed by atoms with E-state index < -0.39 is 0 Å². The average Bonchev–Trinajstić information content (AvgIpc) is 2.32. The summed E-state index contributed by atoms with van der Waals surface area (Å²) in [5, 5.41) is 3.93. The molecule has 0 spiro atoms. The first-order chi connectivity index (χ1) is 5.66. The van der Waals surface area contributed by atoms with Gasteiger partial charge in [-0.3, -0.25) is 9.48 Å². The van der Waals surface area contributed by atoms with E-state index in [1.165, 1.54) is 6.08 Å². The minimum Gasteiger partial charge on any atom is -0.288 e. The first-order valence-electron chi connectivity index (χ1n) is 3.51. The molecular formula is C8H9BrN2O. The molecule has 0 saturated heterocycles. The third-order valence-electron chi connectivity index (χ3n) is 1.45. The van der Waals surface area contributed by atoms with Crippen molar-refractivity contribution in [2.45, 2.75) is 6.92 Å². The number of hydrogen-bond acceptors (Lipinski definition) is 2. The van der Waals surface area contributed by atoms with Gasteiger partial charge in [0.1, 0.15) is 5.69 Å². The number of carbonyl (C=O) groups excluding carboxylic acids is 1. The van der Waals surface area contributed by atoms with Crippen LogP contribution in [0.3, 0.4) is 0 Å². The second-order valence-corrected chi connectivity index (χ2v) is 3.18. The molecule has 3 nitrogen and oxygen atoms in total. The smallest absolute Gasteiger partial charge is 0.204 e. The van der Waals surface area contributed by atoms with Crippen molar-refractivity contribution in [1.29, 1.82) is 0 Å². The van der Waals surface area contributed by atoms with Gasteiger partial charge in [-0.2, -0.15) is 5.10 Å². The van der Waals surface area contributed by atoms with Crippen LogP contribution in [-0.4, -0.2) is 15.6 Å². The summed E-state index contributed by atoms with van der Waals surface area (Å²) in [7, 11) is 1.74. The summed E-state index contributed by atoms with van der Waals surface area (Å²) in [6.07, 6.45) is 4.83. The van der Waals surface area contributed by atoms with Gasteiger partial charge in [0.15, 0.2) is 0 Å². The Morgan fingerprint density at radius 3 is 2.83 bits per heavy atom.